The summed E-state index contributed by atoms with van der Waals surface area (Å²) >= 11 is 2.96. The lowest BCUT2D eigenvalue weighted by molar-refractivity contribution is 0.0520. The Kier molecular flexibility index (Phi) is 3.83. The zero-order valence-electron chi connectivity index (χ0n) is 13.5. The number of nitriles is 1. The molecule has 10 heteroatoms. The second-order valence-corrected chi connectivity index (χ2v) is 10.5. The summed E-state index contributed by atoms with van der Waals surface area (Å²) in [5.74, 6) is -0.827. The van der Waals surface area contributed by atoms with Crippen LogP contribution in [0, 0.1) is 16.7 Å². The van der Waals surface area contributed by atoms with Crippen LogP contribution < -0.4 is 5.32 Å². The minimum absolute atomic E-state index is 0.00925. The number of halogens is 6. The molecule has 0 saturated heterocycles. The Hall–Kier alpha value is -1.34. The van der Waals surface area contributed by atoms with Gasteiger partial charge in [-0.2, -0.15) is 5.26 Å². The van der Waals surface area contributed by atoms with Crippen molar-refractivity contribution >= 4 is 32.1 Å². The van der Waals surface area contributed by atoms with Gasteiger partial charge in [0.05, 0.1) is 17.0 Å². The number of hydrogen-bond donors (Lipinski definition) is 1. The third-order valence-electron chi connectivity index (χ3n) is 5.49. The second-order valence-electron chi connectivity index (χ2n) is 7.24. The maximum atomic E-state index is 13.0. The van der Waals surface area contributed by atoms with E-state index in [1.165, 1.54) is 0 Å². The lowest BCUT2D eigenvalue weighted by Gasteiger charge is -2.50. The lowest BCUT2D eigenvalue weighted by atomic mass is 9.58. The Bertz CT molecular complexity index is 809. The number of hydrogen-bond acceptors (Lipinski definition) is 2. The van der Waals surface area contributed by atoms with Crippen LogP contribution in [0.3, 0.4) is 0 Å². The minimum atomic E-state index is -9.87. The predicted molar refractivity (Wildman–Crippen MR) is 91.5 cm³/mol. The Morgan fingerprint density at radius 1 is 1.08 bits per heavy atom. The molecule has 26 heavy (non-hydrogen) atoms. The summed E-state index contributed by atoms with van der Waals surface area (Å²) < 4.78 is 65.2. The topological polar surface area (TPSA) is 52.9 Å². The van der Waals surface area contributed by atoms with Crippen LogP contribution in [-0.4, -0.2) is 11.4 Å². The molecule has 0 aromatic heterocycles. The van der Waals surface area contributed by atoms with E-state index < -0.39 is 32.1 Å². The summed E-state index contributed by atoms with van der Waals surface area (Å²) in [5, 5.41) is 12.0. The van der Waals surface area contributed by atoms with E-state index in [0.717, 1.165) is 6.07 Å². The third-order valence-corrected chi connectivity index (χ3v) is 7.33. The highest BCUT2D eigenvalue weighted by Crippen LogP contribution is 3.02. The quantitative estimate of drug-likeness (QED) is 0.528. The minimum Gasteiger partial charge on any atom is -0.347 e. The van der Waals surface area contributed by atoms with Gasteiger partial charge in [-0.25, -0.2) is 0 Å². The van der Waals surface area contributed by atoms with Gasteiger partial charge >= 0.3 is 10.2 Å². The fourth-order valence-corrected chi connectivity index (χ4v) is 4.86. The van der Waals surface area contributed by atoms with Crippen molar-refractivity contribution < 1.29 is 24.2 Å². The number of carbonyl (C=O) groups excluding carboxylic acids is 1. The van der Waals surface area contributed by atoms with Crippen molar-refractivity contribution in [1.82, 2.24) is 5.32 Å². The van der Waals surface area contributed by atoms with Crippen LogP contribution >= 0.6 is 26.2 Å². The number of nitrogens with zero attached hydrogens (tertiary/aromatic N) is 1. The molecule has 2 bridgehead atoms. The molecule has 1 N–H and O–H groups in total. The number of fused-ring (bicyclic) bond motifs is 3. The van der Waals surface area contributed by atoms with Crippen molar-refractivity contribution in [1.29, 1.82) is 5.26 Å². The highest BCUT2D eigenvalue weighted by atomic mass is 79.9. The molecule has 1 aromatic rings. The molecule has 4 rings (SSSR count). The summed E-state index contributed by atoms with van der Waals surface area (Å²) in [6, 6.07) is 3.60. The molecule has 0 heterocycles. The van der Waals surface area contributed by atoms with E-state index >= 15 is 0 Å². The van der Waals surface area contributed by atoms with E-state index in [1.54, 1.807) is 0 Å². The summed E-state index contributed by atoms with van der Waals surface area (Å²) in [6.45, 7) is 0. The molecule has 0 unspecified atom stereocenters. The van der Waals surface area contributed by atoms with Crippen LogP contribution in [0.5, 0.6) is 0 Å². The molecule has 3 aliphatic carbocycles. The third kappa shape index (κ3) is 3.56. The fraction of sp³-hybridized carbons (Fsp3) is 0.500. The van der Waals surface area contributed by atoms with Gasteiger partial charge in [-0.3, -0.25) is 4.79 Å². The molecule has 3 saturated carbocycles. The van der Waals surface area contributed by atoms with Gasteiger partial charge in [0.2, 0.25) is 0 Å². The first kappa shape index (κ1) is 19.4. The first-order valence-electron chi connectivity index (χ1n) is 7.95. The molecule has 1 aromatic carbocycles. The van der Waals surface area contributed by atoms with E-state index in [2.05, 4.69) is 27.3 Å². The lowest BCUT2D eigenvalue weighted by Crippen LogP contribution is -2.56. The number of carbonyl (C=O) groups is 1. The van der Waals surface area contributed by atoms with Gasteiger partial charge in [0, 0.05) is 10.0 Å². The van der Waals surface area contributed by atoms with Crippen LogP contribution in [-0.2, 0) is 0 Å². The SMILES string of the molecule is N#CC12CCC(NC(=O)c3cc(S(F)(F)(F)(F)F)ccc3Br)(CC1)CC2. The van der Waals surface area contributed by atoms with Crippen LogP contribution in [0.2, 0.25) is 0 Å². The molecule has 0 atom stereocenters. The van der Waals surface area contributed by atoms with Gasteiger partial charge in [0.15, 0.2) is 0 Å². The Morgan fingerprint density at radius 3 is 2.08 bits per heavy atom. The standard InChI is InChI=1S/C16H16BrF5N2OS/c17-13-2-1-11(26(18,19,20,21)22)9-12(13)14(25)24-16-6-3-15(10-23,4-7-16)5-8-16/h1-2,9H,3-8H2,(H,24,25). The van der Waals surface area contributed by atoms with E-state index in [9.17, 15) is 29.5 Å². The number of benzene rings is 1. The Labute approximate surface area is 155 Å². The van der Waals surface area contributed by atoms with E-state index in [-0.39, 0.29) is 22.0 Å². The van der Waals surface area contributed by atoms with Gasteiger partial charge in [-0.1, -0.05) is 19.4 Å². The van der Waals surface area contributed by atoms with Crippen molar-refractivity contribution in [2.45, 2.75) is 49.0 Å². The molecule has 144 valence electrons. The average molecular weight is 459 g/mol. The summed E-state index contributed by atoms with van der Waals surface area (Å²) in [5.41, 5.74) is -1.46. The Balaban J connectivity index is 1.87. The largest absolute Gasteiger partial charge is 0.347 e. The molecule has 1 amide bonds. The van der Waals surface area contributed by atoms with Crippen molar-refractivity contribution in [2.24, 2.45) is 5.41 Å². The molecule has 3 nitrogen and oxygen atoms in total. The molecule has 0 aliphatic heterocycles. The van der Waals surface area contributed by atoms with Crippen molar-refractivity contribution in [3.8, 4) is 6.07 Å². The maximum absolute atomic E-state index is 13.0. The average Bonchev–Trinajstić information content (AvgIpc) is 2.54. The highest BCUT2D eigenvalue weighted by Gasteiger charge is 2.65. The van der Waals surface area contributed by atoms with E-state index in [1.807, 2.05) is 0 Å². The molecule has 0 radical (unpaired) electrons. The van der Waals surface area contributed by atoms with Gasteiger partial charge in [-0.05, 0) is 72.7 Å². The van der Waals surface area contributed by atoms with Crippen molar-refractivity contribution in [3.63, 3.8) is 0 Å². The monoisotopic (exact) mass is 458 g/mol. The maximum Gasteiger partial charge on any atom is 0.310 e. The summed E-state index contributed by atoms with van der Waals surface area (Å²) in [4.78, 5) is 10.5. The van der Waals surface area contributed by atoms with E-state index in [0.29, 0.717) is 38.5 Å². The number of rotatable bonds is 3. The normalized spacial score (nSPS) is 30.8. The fourth-order valence-electron chi connectivity index (χ4n) is 3.77. The van der Waals surface area contributed by atoms with Gasteiger partial charge in [0.1, 0.15) is 4.90 Å². The van der Waals surface area contributed by atoms with Crippen molar-refractivity contribution in [3.05, 3.63) is 28.2 Å². The molecular formula is C16H16BrF5N2OS. The van der Waals surface area contributed by atoms with Crippen molar-refractivity contribution in [2.75, 3.05) is 0 Å². The summed E-state index contributed by atoms with van der Waals surface area (Å²) in [7, 11) is -9.87. The summed E-state index contributed by atoms with van der Waals surface area (Å²) in [6.07, 6.45) is 3.46. The zero-order chi connectivity index (χ0) is 19.5. The predicted octanol–water partition coefficient (Wildman–Crippen LogP) is 6.45. The number of nitrogens with one attached hydrogen (secondary N) is 1. The van der Waals surface area contributed by atoms with Crippen LogP contribution in [0.15, 0.2) is 27.6 Å². The smallest absolute Gasteiger partial charge is 0.310 e. The second kappa shape index (κ2) is 5.13. The van der Waals surface area contributed by atoms with Crippen LogP contribution in [0.4, 0.5) is 19.4 Å². The van der Waals surface area contributed by atoms with Gasteiger partial charge in [0.25, 0.3) is 5.91 Å². The first-order valence-corrected chi connectivity index (χ1v) is 10.7. The first-order chi connectivity index (χ1) is 11.7. The molecule has 0 spiro atoms. The molecule has 3 aliphatic rings. The molecular weight excluding hydrogens is 443 g/mol. The zero-order valence-corrected chi connectivity index (χ0v) is 15.9. The Morgan fingerprint density at radius 2 is 1.62 bits per heavy atom. The van der Waals surface area contributed by atoms with Crippen LogP contribution in [0.1, 0.15) is 48.9 Å². The van der Waals surface area contributed by atoms with Gasteiger partial charge in [-0.15, -0.1) is 0 Å². The number of amides is 1. The molecule has 3 fully saturated rings. The van der Waals surface area contributed by atoms with E-state index in [4.69, 9.17) is 0 Å². The van der Waals surface area contributed by atoms with Crippen LogP contribution in [0.25, 0.3) is 0 Å². The highest BCUT2D eigenvalue weighted by molar-refractivity contribution is 9.10. The van der Waals surface area contributed by atoms with Gasteiger partial charge < -0.3 is 5.32 Å².